The second-order valence-corrected chi connectivity index (χ2v) is 5.43. The summed E-state index contributed by atoms with van der Waals surface area (Å²) in [4.78, 5) is 0. The maximum absolute atomic E-state index is 13.3. The minimum atomic E-state index is -0.334. The summed E-state index contributed by atoms with van der Waals surface area (Å²) in [7, 11) is 0. The van der Waals surface area contributed by atoms with Crippen molar-refractivity contribution in [1.82, 2.24) is 5.32 Å². The van der Waals surface area contributed by atoms with Gasteiger partial charge in [-0.05, 0) is 43.5 Å². The summed E-state index contributed by atoms with van der Waals surface area (Å²) in [5.41, 5.74) is 1.40. The van der Waals surface area contributed by atoms with Crippen molar-refractivity contribution in [3.8, 4) is 6.07 Å². The van der Waals surface area contributed by atoms with Crippen LogP contribution in [-0.2, 0) is 6.54 Å². The van der Waals surface area contributed by atoms with Crippen molar-refractivity contribution in [3.63, 3.8) is 0 Å². The molecule has 1 aliphatic rings. The molecule has 0 aliphatic heterocycles. The molecule has 3 heteroatoms. The molecule has 1 aliphatic carbocycles. The van der Waals surface area contributed by atoms with Crippen LogP contribution < -0.4 is 5.32 Å². The lowest BCUT2D eigenvalue weighted by Gasteiger charge is -2.34. The highest BCUT2D eigenvalue weighted by Gasteiger charge is 2.25. The Kier molecular flexibility index (Phi) is 3.98. The molecule has 96 valence electrons. The monoisotopic (exact) mass is 246 g/mol. The topological polar surface area (TPSA) is 35.8 Å². The molecule has 2 rings (SSSR count). The van der Waals surface area contributed by atoms with Gasteiger partial charge in [-0.1, -0.05) is 19.3 Å². The minimum Gasteiger partial charge on any atom is -0.307 e. The van der Waals surface area contributed by atoms with Crippen LogP contribution in [0.15, 0.2) is 18.2 Å². The van der Waals surface area contributed by atoms with E-state index in [1.807, 2.05) is 6.07 Å². The predicted molar refractivity (Wildman–Crippen MR) is 69.4 cm³/mol. The average molecular weight is 246 g/mol. The van der Waals surface area contributed by atoms with Gasteiger partial charge in [0, 0.05) is 12.1 Å². The van der Waals surface area contributed by atoms with E-state index in [4.69, 9.17) is 5.26 Å². The first-order valence-electron chi connectivity index (χ1n) is 6.56. The molecule has 1 saturated carbocycles. The number of nitriles is 1. The highest BCUT2D eigenvalue weighted by molar-refractivity contribution is 5.33. The third-order valence-corrected chi connectivity index (χ3v) is 3.76. The maximum Gasteiger partial charge on any atom is 0.124 e. The van der Waals surface area contributed by atoms with Crippen molar-refractivity contribution in [1.29, 1.82) is 5.26 Å². The first-order chi connectivity index (χ1) is 8.61. The van der Waals surface area contributed by atoms with Gasteiger partial charge < -0.3 is 5.32 Å². The Hall–Kier alpha value is -1.40. The fourth-order valence-corrected chi connectivity index (χ4v) is 2.64. The van der Waals surface area contributed by atoms with Crippen molar-refractivity contribution in [2.45, 2.75) is 51.1 Å². The highest BCUT2D eigenvalue weighted by Crippen LogP contribution is 2.27. The molecule has 1 aromatic carbocycles. The number of benzene rings is 1. The standard InChI is InChI=1S/C15H19FN2/c1-15(5-3-2-4-6-15)18-11-13-7-12(10-17)8-14(16)9-13/h7-9,18H,2-6,11H2,1H3. The summed E-state index contributed by atoms with van der Waals surface area (Å²) < 4.78 is 13.3. The Bertz CT molecular complexity index is 456. The highest BCUT2D eigenvalue weighted by atomic mass is 19.1. The smallest absolute Gasteiger partial charge is 0.124 e. The van der Waals surface area contributed by atoms with Gasteiger partial charge in [-0.25, -0.2) is 4.39 Å². The van der Waals surface area contributed by atoms with E-state index in [0.717, 1.165) is 5.56 Å². The van der Waals surface area contributed by atoms with Gasteiger partial charge in [-0.15, -0.1) is 0 Å². The third-order valence-electron chi connectivity index (χ3n) is 3.76. The summed E-state index contributed by atoms with van der Waals surface area (Å²) >= 11 is 0. The van der Waals surface area contributed by atoms with E-state index in [1.54, 1.807) is 6.07 Å². The molecule has 2 nitrogen and oxygen atoms in total. The van der Waals surface area contributed by atoms with Crippen LogP contribution in [0.2, 0.25) is 0 Å². The van der Waals surface area contributed by atoms with Gasteiger partial charge in [0.1, 0.15) is 5.82 Å². The van der Waals surface area contributed by atoms with Crippen LogP contribution in [0.3, 0.4) is 0 Å². The molecule has 0 bridgehead atoms. The van der Waals surface area contributed by atoms with E-state index in [0.29, 0.717) is 12.1 Å². The van der Waals surface area contributed by atoms with Gasteiger partial charge in [0.2, 0.25) is 0 Å². The lowest BCUT2D eigenvalue weighted by Crippen LogP contribution is -2.43. The Balaban J connectivity index is 2.01. The van der Waals surface area contributed by atoms with Crippen molar-refractivity contribution in [3.05, 3.63) is 35.1 Å². The zero-order chi connectivity index (χ0) is 13.0. The molecule has 18 heavy (non-hydrogen) atoms. The zero-order valence-corrected chi connectivity index (χ0v) is 10.8. The molecule has 0 radical (unpaired) electrons. The molecule has 0 saturated heterocycles. The number of rotatable bonds is 3. The van der Waals surface area contributed by atoms with Crippen LogP contribution in [0.25, 0.3) is 0 Å². The van der Waals surface area contributed by atoms with Gasteiger partial charge in [0.05, 0.1) is 11.6 Å². The first-order valence-corrected chi connectivity index (χ1v) is 6.56. The largest absolute Gasteiger partial charge is 0.307 e. The van der Waals surface area contributed by atoms with Crippen molar-refractivity contribution >= 4 is 0 Å². The van der Waals surface area contributed by atoms with Crippen LogP contribution in [0.1, 0.15) is 50.2 Å². The first kappa shape index (κ1) is 13.0. The van der Waals surface area contributed by atoms with Crippen LogP contribution in [0.4, 0.5) is 4.39 Å². The zero-order valence-electron chi connectivity index (χ0n) is 10.8. The van der Waals surface area contributed by atoms with Crippen molar-refractivity contribution < 1.29 is 4.39 Å². The Morgan fingerprint density at radius 1 is 1.28 bits per heavy atom. The molecule has 1 fully saturated rings. The van der Waals surface area contributed by atoms with E-state index < -0.39 is 0 Å². The van der Waals surface area contributed by atoms with Gasteiger partial charge in [-0.2, -0.15) is 5.26 Å². The predicted octanol–water partition coefficient (Wildman–Crippen LogP) is 3.51. The van der Waals surface area contributed by atoms with E-state index in [-0.39, 0.29) is 11.4 Å². The van der Waals surface area contributed by atoms with Crippen molar-refractivity contribution in [2.24, 2.45) is 0 Å². The fraction of sp³-hybridized carbons (Fsp3) is 0.533. The second kappa shape index (κ2) is 5.49. The summed E-state index contributed by atoms with van der Waals surface area (Å²) in [6.45, 7) is 2.86. The molecular formula is C15H19FN2. The Morgan fingerprint density at radius 3 is 2.67 bits per heavy atom. The number of hydrogen-bond donors (Lipinski definition) is 1. The molecule has 0 atom stereocenters. The minimum absolute atomic E-state index is 0.164. The van der Waals surface area contributed by atoms with Crippen LogP contribution in [-0.4, -0.2) is 5.54 Å². The molecule has 0 aromatic heterocycles. The van der Waals surface area contributed by atoms with Gasteiger partial charge in [-0.3, -0.25) is 0 Å². The third kappa shape index (κ3) is 3.30. The van der Waals surface area contributed by atoms with E-state index in [9.17, 15) is 4.39 Å². The number of nitrogens with zero attached hydrogens (tertiary/aromatic N) is 1. The molecule has 0 spiro atoms. The van der Waals surface area contributed by atoms with Crippen molar-refractivity contribution in [2.75, 3.05) is 0 Å². The lowest BCUT2D eigenvalue weighted by atomic mass is 9.83. The Morgan fingerprint density at radius 2 is 2.00 bits per heavy atom. The average Bonchev–Trinajstić information content (AvgIpc) is 2.37. The van der Waals surface area contributed by atoms with Gasteiger partial charge in [0.25, 0.3) is 0 Å². The molecule has 0 amide bonds. The number of hydrogen-bond acceptors (Lipinski definition) is 2. The summed E-state index contributed by atoms with van der Waals surface area (Å²) in [5.74, 6) is -0.334. The van der Waals surface area contributed by atoms with E-state index in [1.165, 1.54) is 44.2 Å². The van der Waals surface area contributed by atoms with Gasteiger partial charge in [0.15, 0.2) is 0 Å². The number of halogens is 1. The summed E-state index contributed by atoms with van der Waals surface area (Å²) in [6, 6.07) is 6.51. The quantitative estimate of drug-likeness (QED) is 0.886. The second-order valence-electron chi connectivity index (χ2n) is 5.43. The molecule has 1 aromatic rings. The molecular weight excluding hydrogens is 227 g/mol. The summed E-state index contributed by atoms with van der Waals surface area (Å²) in [6.07, 6.45) is 6.18. The molecule has 0 heterocycles. The molecule has 0 unspecified atom stereocenters. The van der Waals surface area contributed by atoms with Gasteiger partial charge >= 0.3 is 0 Å². The Labute approximate surface area is 108 Å². The van der Waals surface area contributed by atoms with Crippen LogP contribution in [0, 0.1) is 17.1 Å². The van der Waals surface area contributed by atoms with E-state index >= 15 is 0 Å². The normalized spacial score (nSPS) is 18.3. The van der Waals surface area contributed by atoms with Crippen LogP contribution in [0.5, 0.6) is 0 Å². The lowest BCUT2D eigenvalue weighted by molar-refractivity contribution is 0.252. The fourth-order valence-electron chi connectivity index (χ4n) is 2.64. The summed E-state index contributed by atoms with van der Waals surface area (Å²) in [5, 5.41) is 12.3. The van der Waals surface area contributed by atoms with E-state index in [2.05, 4.69) is 12.2 Å². The SMILES string of the molecule is CC1(NCc2cc(F)cc(C#N)c2)CCCCC1. The maximum atomic E-state index is 13.3. The van der Waals surface area contributed by atoms with Crippen LogP contribution >= 0.6 is 0 Å². The molecule has 1 N–H and O–H groups in total. The number of nitrogens with one attached hydrogen (secondary N) is 1.